The van der Waals surface area contributed by atoms with Crippen molar-refractivity contribution in [3.8, 4) is 0 Å². The Labute approximate surface area is 153 Å². The molecular weight excluding hydrogens is 312 g/mol. The fraction of sp³-hybridized carbons (Fsp3) is 0.864. The predicted molar refractivity (Wildman–Crippen MR) is 100 cm³/mol. The topological polar surface area (TPSA) is 35.5 Å². The molecule has 3 heteroatoms. The van der Waals surface area contributed by atoms with Crippen LogP contribution in [0, 0.1) is 23.2 Å². The molecule has 0 aromatic carbocycles. The maximum atomic E-state index is 11.8. The van der Waals surface area contributed by atoms with Crippen molar-refractivity contribution in [1.29, 1.82) is 0 Å². The molecule has 0 amide bonds. The SMILES string of the molecule is CCOC(=O)/C=C1\CC[C@@H]2[C@H](CC[C@]3(C)[C@@H](OC(C)(C)C)CC[C@@H]23)C1. The number of esters is 1. The Hall–Kier alpha value is -0.830. The molecule has 3 aliphatic carbocycles. The number of fused-ring (bicyclic) bond motifs is 3. The zero-order valence-electron chi connectivity index (χ0n) is 16.8. The number of carbonyl (C=O) groups excluding carboxylic acids is 1. The van der Waals surface area contributed by atoms with Gasteiger partial charge in [-0.05, 0) is 95.8 Å². The van der Waals surface area contributed by atoms with Gasteiger partial charge in [-0.1, -0.05) is 12.5 Å². The first-order chi connectivity index (χ1) is 11.7. The Morgan fingerprint density at radius 1 is 1.24 bits per heavy atom. The van der Waals surface area contributed by atoms with Crippen LogP contribution in [0.1, 0.15) is 79.6 Å². The first kappa shape index (κ1) is 18.9. The summed E-state index contributed by atoms with van der Waals surface area (Å²) in [6, 6.07) is 0. The van der Waals surface area contributed by atoms with E-state index in [1.807, 2.05) is 6.92 Å². The van der Waals surface area contributed by atoms with Gasteiger partial charge in [-0.25, -0.2) is 4.79 Å². The summed E-state index contributed by atoms with van der Waals surface area (Å²) < 4.78 is 11.6. The van der Waals surface area contributed by atoms with E-state index in [0.29, 0.717) is 18.1 Å². The third-order valence-corrected chi connectivity index (χ3v) is 6.93. The van der Waals surface area contributed by atoms with Gasteiger partial charge in [0.2, 0.25) is 0 Å². The summed E-state index contributed by atoms with van der Waals surface area (Å²) in [5.41, 5.74) is 1.60. The Kier molecular flexibility index (Phi) is 5.35. The van der Waals surface area contributed by atoms with E-state index in [1.54, 1.807) is 6.08 Å². The Morgan fingerprint density at radius 2 is 2.00 bits per heavy atom. The van der Waals surface area contributed by atoms with Gasteiger partial charge in [0.15, 0.2) is 0 Å². The number of carbonyl (C=O) groups is 1. The molecule has 0 saturated heterocycles. The molecule has 0 aromatic rings. The maximum Gasteiger partial charge on any atom is 0.330 e. The first-order valence-corrected chi connectivity index (χ1v) is 10.3. The molecule has 142 valence electrons. The smallest absolute Gasteiger partial charge is 0.330 e. The van der Waals surface area contributed by atoms with Gasteiger partial charge in [-0.3, -0.25) is 0 Å². The van der Waals surface area contributed by atoms with Crippen LogP contribution in [0.15, 0.2) is 11.6 Å². The minimum Gasteiger partial charge on any atom is -0.463 e. The quantitative estimate of drug-likeness (QED) is 0.514. The number of ether oxygens (including phenoxy) is 2. The van der Waals surface area contributed by atoms with Crippen LogP contribution in [0.25, 0.3) is 0 Å². The van der Waals surface area contributed by atoms with Gasteiger partial charge in [-0.15, -0.1) is 0 Å². The summed E-state index contributed by atoms with van der Waals surface area (Å²) in [4.78, 5) is 11.8. The standard InChI is InChI=1S/C22H36O3/c1-6-24-20(23)14-15-7-8-17-16(13-15)11-12-22(5)18(17)9-10-19(22)25-21(2,3)4/h14,16-19H,6-13H2,1-5H3/b15-14+/t16-,17-,18+,19+,22+/m1/s1. The summed E-state index contributed by atoms with van der Waals surface area (Å²) in [6.07, 6.45) is 10.7. The third-order valence-electron chi connectivity index (χ3n) is 6.93. The van der Waals surface area contributed by atoms with Crippen molar-refractivity contribution in [3.63, 3.8) is 0 Å². The molecule has 3 saturated carbocycles. The van der Waals surface area contributed by atoms with E-state index in [-0.39, 0.29) is 11.6 Å². The minimum atomic E-state index is -0.156. The normalized spacial score (nSPS) is 39.8. The van der Waals surface area contributed by atoms with Crippen LogP contribution in [0.3, 0.4) is 0 Å². The molecule has 0 spiro atoms. The van der Waals surface area contributed by atoms with Crippen LogP contribution in [-0.4, -0.2) is 24.3 Å². The van der Waals surface area contributed by atoms with Crippen LogP contribution in [0.4, 0.5) is 0 Å². The number of allylic oxidation sites excluding steroid dienone is 1. The lowest BCUT2D eigenvalue weighted by Gasteiger charge is -2.51. The molecule has 25 heavy (non-hydrogen) atoms. The molecule has 3 fully saturated rings. The van der Waals surface area contributed by atoms with Gasteiger partial charge in [0.1, 0.15) is 0 Å². The summed E-state index contributed by atoms with van der Waals surface area (Å²) in [6.45, 7) is 11.4. The Bertz CT molecular complexity index is 530. The van der Waals surface area contributed by atoms with Crippen molar-refractivity contribution in [2.75, 3.05) is 6.61 Å². The zero-order valence-corrected chi connectivity index (χ0v) is 16.8. The lowest BCUT2D eigenvalue weighted by molar-refractivity contribution is -0.137. The summed E-state index contributed by atoms with van der Waals surface area (Å²) in [7, 11) is 0. The van der Waals surface area contributed by atoms with Crippen LogP contribution in [0.2, 0.25) is 0 Å². The Morgan fingerprint density at radius 3 is 2.68 bits per heavy atom. The molecule has 0 unspecified atom stereocenters. The van der Waals surface area contributed by atoms with E-state index in [4.69, 9.17) is 9.47 Å². The summed E-state index contributed by atoms with van der Waals surface area (Å²) in [5, 5.41) is 0. The van der Waals surface area contributed by atoms with E-state index in [0.717, 1.165) is 30.6 Å². The van der Waals surface area contributed by atoms with Crippen molar-refractivity contribution in [1.82, 2.24) is 0 Å². The van der Waals surface area contributed by atoms with Crippen LogP contribution in [0.5, 0.6) is 0 Å². The molecule has 0 aromatic heterocycles. The number of rotatable bonds is 3. The molecule has 3 aliphatic rings. The fourth-order valence-corrected chi connectivity index (χ4v) is 5.90. The molecule has 0 bridgehead atoms. The zero-order chi connectivity index (χ0) is 18.2. The van der Waals surface area contributed by atoms with Gasteiger partial charge in [0.25, 0.3) is 0 Å². The van der Waals surface area contributed by atoms with Crippen molar-refractivity contribution >= 4 is 5.97 Å². The van der Waals surface area contributed by atoms with Gasteiger partial charge < -0.3 is 9.47 Å². The van der Waals surface area contributed by atoms with E-state index in [2.05, 4.69) is 27.7 Å². The van der Waals surface area contributed by atoms with Crippen LogP contribution < -0.4 is 0 Å². The summed E-state index contributed by atoms with van der Waals surface area (Å²) in [5.74, 6) is 2.20. The molecule has 3 nitrogen and oxygen atoms in total. The average molecular weight is 349 g/mol. The van der Waals surface area contributed by atoms with E-state index < -0.39 is 0 Å². The molecule has 3 rings (SSSR count). The first-order valence-electron chi connectivity index (χ1n) is 10.3. The highest BCUT2D eigenvalue weighted by Crippen LogP contribution is 2.60. The second-order valence-corrected chi connectivity index (χ2v) is 9.67. The van der Waals surface area contributed by atoms with E-state index in [1.165, 1.54) is 37.7 Å². The van der Waals surface area contributed by atoms with Gasteiger partial charge in [-0.2, -0.15) is 0 Å². The largest absolute Gasteiger partial charge is 0.463 e. The van der Waals surface area contributed by atoms with E-state index >= 15 is 0 Å². The van der Waals surface area contributed by atoms with Crippen molar-refractivity contribution in [2.45, 2.75) is 91.3 Å². The van der Waals surface area contributed by atoms with Crippen molar-refractivity contribution in [2.24, 2.45) is 23.2 Å². The molecule has 5 atom stereocenters. The highest BCUT2D eigenvalue weighted by atomic mass is 16.5. The number of hydrogen-bond acceptors (Lipinski definition) is 3. The van der Waals surface area contributed by atoms with Crippen molar-refractivity contribution in [3.05, 3.63) is 11.6 Å². The van der Waals surface area contributed by atoms with Crippen molar-refractivity contribution < 1.29 is 14.3 Å². The average Bonchev–Trinajstić information content (AvgIpc) is 2.83. The maximum absolute atomic E-state index is 11.8. The van der Waals surface area contributed by atoms with Gasteiger partial charge in [0.05, 0.1) is 18.3 Å². The number of hydrogen-bond donors (Lipinski definition) is 0. The van der Waals surface area contributed by atoms with Gasteiger partial charge in [0, 0.05) is 6.08 Å². The van der Waals surface area contributed by atoms with Crippen LogP contribution in [-0.2, 0) is 14.3 Å². The Balaban J connectivity index is 1.68. The molecular formula is C22H36O3. The molecule has 0 radical (unpaired) electrons. The third kappa shape index (κ3) is 3.97. The fourth-order valence-electron chi connectivity index (χ4n) is 5.90. The highest BCUT2D eigenvalue weighted by molar-refractivity contribution is 5.82. The lowest BCUT2D eigenvalue weighted by atomic mass is 9.56. The molecule has 0 heterocycles. The predicted octanol–water partition coefficient (Wildman–Crippen LogP) is 5.29. The van der Waals surface area contributed by atoms with Crippen LogP contribution >= 0.6 is 0 Å². The summed E-state index contributed by atoms with van der Waals surface area (Å²) >= 11 is 0. The second kappa shape index (κ2) is 7.06. The highest BCUT2D eigenvalue weighted by Gasteiger charge is 2.55. The van der Waals surface area contributed by atoms with Gasteiger partial charge >= 0.3 is 5.97 Å². The second-order valence-electron chi connectivity index (χ2n) is 9.67. The molecule has 0 aliphatic heterocycles. The lowest BCUT2D eigenvalue weighted by Crippen LogP contribution is -2.46. The minimum absolute atomic E-state index is 0.0540. The molecule has 0 N–H and O–H groups in total. The van der Waals surface area contributed by atoms with E-state index in [9.17, 15) is 4.79 Å². The monoisotopic (exact) mass is 348 g/mol.